The fraction of sp³-hybridized carbons (Fsp3) is 0.636. The van der Waals surface area contributed by atoms with Crippen molar-refractivity contribution in [3.63, 3.8) is 0 Å². The molecule has 1 fully saturated rings. The van der Waals surface area contributed by atoms with Crippen molar-refractivity contribution in [1.82, 2.24) is 9.97 Å². The molecule has 0 saturated carbocycles. The van der Waals surface area contributed by atoms with Crippen molar-refractivity contribution >= 4 is 27.7 Å². The molecule has 1 aliphatic rings. The molecular formula is C11H17BrN4. The molecule has 1 aromatic rings. The zero-order chi connectivity index (χ0) is 11.5. The molecule has 0 atom stereocenters. The van der Waals surface area contributed by atoms with Crippen LogP contribution in [0.5, 0.6) is 0 Å². The second-order valence-corrected chi connectivity index (χ2v) is 5.57. The molecule has 16 heavy (non-hydrogen) atoms. The van der Waals surface area contributed by atoms with Crippen molar-refractivity contribution in [3.05, 3.63) is 12.3 Å². The summed E-state index contributed by atoms with van der Waals surface area (Å²) in [6, 6.07) is 1.99. The van der Waals surface area contributed by atoms with Gasteiger partial charge in [-0.25, -0.2) is 4.98 Å². The van der Waals surface area contributed by atoms with Crippen LogP contribution in [0.4, 0.5) is 11.8 Å². The minimum atomic E-state index is 0.666. The number of alkyl halides is 1. The Morgan fingerprint density at radius 3 is 2.69 bits per heavy atom. The number of halogens is 1. The van der Waals surface area contributed by atoms with Crippen LogP contribution in [0.1, 0.15) is 12.8 Å². The molecular weight excluding hydrogens is 268 g/mol. The maximum atomic E-state index is 4.55. The first kappa shape index (κ1) is 11.6. The zero-order valence-corrected chi connectivity index (χ0v) is 11.3. The first-order chi connectivity index (χ1) is 7.66. The fourth-order valence-corrected chi connectivity index (χ4v) is 2.22. The minimum Gasteiger partial charge on any atom is -0.356 e. The van der Waals surface area contributed by atoms with Gasteiger partial charge >= 0.3 is 0 Å². The standard InChI is InChI=1S/C11H17BrN4/c1-15(2)11-13-6-3-10(14-11)16-7-4-9(12)5-8-16/h3,6,9H,4-5,7-8H2,1-2H3. The Labute approximate surface area is 105 Å². The molecule has 0 N–H and O–H groups in total. The molecule has 0 bridgehead atoms. The monoisotopic (exact) mass is 284 g/mol. The van der Waals surface area contributed by atoms with Crippen LogP contribution in [-0.4, -0.2) is 42.0 Å². The molecule has 1 aromatic heterocycles. The Kier molecular flexibility index (Phi) is 3.63. The summed E-state index contributed by atoms with van der Waals surface area (Å²) in [7, 11) is 3.92. The van der Waals surface area contributed by atoms with Gasteiger partial charge in [-0.1, -0.05) is 15.9 Å². The number of anilines is 2. The van der Waals surface area contributed by atoms with Crippen LogP contribution in [0.2, 0.25) is 0 Å². The number of nitrogens with zero attached hydrogens (tertiary/aromatic N) is 4. The number of aromatic nitrogens is 2. The van der Waals surface area contributed by atoms with E-state index in [0.29, 0.717) is 4.83 Å². The molecule has 1 saturated heterocycles. The van der Waals surface area contributed by atoms with Crippen molar-refractivity contribution in [2.45, 2.75) is 17.7 Å². The van der Waals surface area contributed by atoms with E-state index in [0.717, 1.165) is 24.9 Å². The Bertz CT molecular complexity index is 348. The first-order valence-electron chi connectivity index (χ1n) is 5.56. The highest BCUT2D eigenvalue weighted by atomic mass is 79.9. The molecule has 1 aliphatic heterocycles. The van der Waals surface area contributed by atoms with E-state index < -0.39 is 0 Å². The third-order valence-electron chi connectivity index (χ3n) is 2.78. The SMILES string of the molecule is CN(C)c1nccc(N2CCC(Br)CC2)n1. The third-order valence-corrected chi connectivity index (χ3v) is 3.69. The topological polar surface area (TPSA) is 32.3 Å². The van der Waals surface area contributed by atoms with Gasteiger partial charge in [-0.2, -0.15) is 4.98 Å². The van der Waals surface area contributed by atoms with Gasteiger partial charge in [0.05, 0.1) is 0 Å². The molecule has 88 valence electrons. The second kappa shape index (κ2) is 4.99. The molecule has 0 aromatic carbocycles. The quantitative estimate of drug-likeness (QED) is 0.777. The molecule has 0 aliphatic carbocycles. The summed E-state index contributed by atoms with van der Waals surface area (Å²) in [4.78, 5) is 13.7. The fourth-order valence-electron chi connectivity index (χ4n) is 1.81. The molecule has 5 heteroatoms. The Morgan fingerprint density at radius 2 is 2.06 bits per heavy atom. The van der Waals surface area contributed by atoms with Gasteiger partial charge in [0.25, 0.3) is 0 Å². The highest BCUT2D eigenvalue weighted by molar-refractivity contribution is 9.09. The number of hydrogen-bond donors (Lipinski definition) is 0. The summed E-state index contributed by atoms with van der Waals surface area (Å²) >= 11 is 3.66. The highest BCUT2D eigenvalue weighted by Crippen LogP contribution is 2.22. The molecule has 0 spiro atoms. The Hall–Kier alpha value is -0.840. The van der Waals surface area contributed by atoms with Crippen LogP contribution < -0.4 is 9.80 Å². The second-order valence-electron chi connectivity index (χ2n) is 4.27. The molecule has 2 heterocycles. The van der Waals surface area contributed by atoms with Crippen LogP contribution in [0, 0.1) is 0 Å². The van der Waals surface area contributed by atoms with Crippen molar-refractivity contribution in [2.75, 3.05) is 37.0 Å². The van der Waals surface area contributed by atoms with Gasteiger partial charge in [0.15, 0.2) is 0 Å². The molecule has 2 rings (SSSR count). The Balaban J connectivity index is 2.11. The van der Waals surface area contributed by atoms with Gasteiger partial charge in [-0.05, 0) is 18.9 Å². The van der Waals surface area contributed by atoms with E-state index in [1.54, 1.807) is 0 Å². The maximum Gasteiger partial charge on any atom is 0.226 e. The van der Waals surface area contributed by atoms with Crippen LogP contribution in [0.3, 0.4) is 0 Å². The predicted octanol–water partition coefficient (Wildman–Crippen LogP) is 1.91. The van der Waals surface area contributed by atoms with E-state index in [1.807, 2.05) is 31.3 Å². The number of rotatable bonds is 2. The molecule has 0 amide bonds. The highest BCUT2D eigenvalue weighted by Gasteiger charge is 2.18. The van der Waals surface area contributed by atoms with E-state index in [2.05, 4.69) is 30.8 Å². The average molecular weight is 285 g/mol. The number of piperidine rings is 1. The lowest BCUT2D eigenvalue weighted by molar-refractivity contribution is 0.592. The molecule has 0 unspecified atom stereocenters. The summed E-state index contributed by atoms with van der Waals surface area (Å²) in [5.74, 6) is 1.82. The van der Waals surface area contributed by atoms with Crippen molar-refractivity contribution in [1.29, 1.82) is 0 Å². The van der Waals surface area contributed by atoms with Gasteiger partial charge in [0, 0.05) is 38.2 Å². The van der Waals surface area contributed by atoms with E-state index >= 15 is 0 Å². The van der Waals surface area contributed by atoms with E-state index in [1.165, 1.54) is 12.8 Å². The van der Waals surface area contributed by atoms with Gasteiger partial charge in [-0.15, -0.1) is 0 Å². The van der Waals surface area contributed by atoms with Gasteiger partial charge in [-0.3, -0.25) is 0 Å². The van der Waals surface area contributed by atoms with E-state index in [9.17, 15) is 0 Å². The normalized spacial score (nSPS) is 17.6. The lowest BCUT2D eigenvalue weighted by atomic mass is 10.1. The Morgan fingerprint density at radius 1 is 1.38 bits per heavy atom. The van der Waals surface area contributed by atoms with Crippen LogP contribution in [0.25, 0.3) is 0 Å². The van der Waals surface area contributed by atoms with Gasteiger partial charge < -0.3 is 9.80 Å². The third kappa shape index (κ3) is 2.64. The van der Waals surface area contributed by atoms with Crippen LogP contribution >= 0.6 is 15.9 Å². The van der Waals surface area contributed by atoms with Crippen molar-refractivity contribution in [2.24, 2.45) is 0 Å². The lowest BCUT2D eigenvalue weighted by Crippen LogP contribution is -2.34. The lowest BCUT2D eigenvalue weighted by Gasteiger charge is -2.30. The largest absolute Gasteiger partial charge is 0.356 e. The van der Waals surface area contributed by atoms with Crippen LogP contribution in [-0.2, 0) is 0 Å². The summed E-state index contributed by atoms with van der Waals surface area (Å²) in [5, 5.41) is 0. The minimum absolute atomic E-state index is 0.666. The molecule has 4 nitrogen and oxygen atoms in total. The first-order valence-corrected chi connectivity index (χ1v) is 6.48. The van der Waals surface area contributed by atoms with Gasteiger partial charge in [0.2, 0.25) is 5.95 Å². The van der Waals surface area contributed by atoms with Crippen LogP contribution in [0.15, 0.2) is 12.3 Å². The maximum absolute atomic E-state index is 4.55. The smallest absolute Gasteiger partial charge is 0.226 e. The summed E-state index contributed by atoms with van der Waals surface area (Å²) < 4.78 is 0. The average Bonchev–Trinajstić information content (AvgIpc) is 2.30. The summed E-state index contributed by atoms with van der Waals surface area (Å²) in [6.45, 7) is 2.14. The zero-order valence-electron chi connectivity index (χ0n) is 9.73. The van der Waals surface area contributed by atoms with E-state index in [-0.39, 0.29) is 0 Å². The summed E-state index contributed by atoms with van der Waals surface area (Å²) in [5.41, 5.74) is 0. The predicted molar refractivity (Wildman–Crippen MR) is 70.5 cm³/mol. The molecule has 0 radical (unpaired) electrons. The number of hydrogen-bond acceptors (Lipinski definition) is 4. The van der Waals surface area contributed by atoms with Gasteiger partial charge in [0.1, 0.15) is 5.82 Å². The summed E-state index contributed by atoms with van der Waals surface area (Å²) in [6.07, 6.45) is 4.19. The van der Waals surface area contributed by atoms with E-state index in [4.69, 9.17) is 0 Å². The van der Waals surface area contributed by atoms with Crippen molar-refractivity contribution < 1.29 is 0 Å². The van der Waals surface area contributed by atoms with Crippen molar-refractivity contribution in [3.8, 4) is 0 Å².